The van der Waals surface area contributed by atoms with Crippen LogP contribution in [0.1, 0.15) is 42.1 Å². The first-order valence-electron chi connectivity index (χ1n) is 10.1. The summed E-state index contributed by atoms with van der Waals surface area (Å²) >= 11 is 0. The van der Waals surface area contributed by atoms with Gasteiger partial charge in [0.25, 0.3) is 18.0 Å². The van der Waals surface area contributed by atoms with Crippen molar-refractivity contribution in [2.24, 2.45) is 0 Å². The van der Waals surface area contributed by atoms with Crippen molar-refractivity contribution in [1.82, 2.24) is 15.0 Å². The van der Waals surface area contributed by atoms with Crippen LogP contribution < -0.4 is 9.47 Å². The van der Waals surface area contributed by atoms with Crippen molar-refractivity contribution in [3.05, 3.63) is 47.3 Å². The van der Waals surface area contributed by atoms with Crippen LogP contribution >= 0.6 is 0 Å². The fourth-order valence-electron chi connectivity index (χ4n) is 3.94. The van der Waals surface area contributed by atoms with Crippen molar-refractivity contribution >= 4 is 17.0 Å². The first-order valence-corrected chi connectivity index (χ1v) is 10.1. The van der Waals surface area contributed by atoms with E-state index in [0.29, 0.717) is 36.0 Å². The van der Waals surface area contributed by atoms with E-state index in [9.17, 15) is 13.6 Å². The molecule has 1 amide bonds. The predicted molar refractivity (Wildman–Crippen MR) is 109 cm³/mol. The number of benzene rings is 1. The first kappa shape index (κ1) is 21.0. The van der Waals surface area contributed by atoms with Gasteiger partial charge in [0, 0.05) is 30.3 Å². The Kier molecular flexibility index (Phi) is 6.01. The Labute approximate surface area is 177 Å². The summed E-state index contributed by atoms with van der Waals surface area (Å²) < 4.78 is 43.3. The summed E-state index contributed by atoms with van der Waals surface area (Å²) in [7, 11) is 1.53. The van der Waals surface area contributed by atoms with Gasteiger partial charge in [0.2, 0.25) is 0 Å². The van der Waals surface area contributed by atoms with Crippen LogP contribution in [0.25, 0.3) is 11.1 Å². The number of likely N-dealkylation sites (tertiary alicyclic amines) is 1. The van der Waals surface area contributed by atoms with Gasteiger partial charge in [-0.3, -0.25) is 4.79 Å². The van der Waals surface area contributed by atoms with E-state index in [4.69, 9.17) is 14.0 Å². The van der Waals surface area contributed by atoms with Crippen LogP contribution in [0.4, 0.5) is 8.78 Å². The molecule has 4 rings (SSSR count). The van der Waals surface area contributed by atoms with E-state index in [0.717, 1.165) is 12.8 Å². The molecule has 1 aliphatic rings. The number of amides is 1. The Morgan fingerprint density at radius 3 is 2.84 bits per heavy atom. The highest BCUT2D eigenvalue weighted by molar-refractivity contribution is 5.80. The van der Waals surface area contributed by atoms with E-state index in [1.54, 1.807) is 30.0 Å². The highest BCUT2D eigenvalue weighted by Gasteiger charge is 2.28. The number of piperidine rings is 1. The largest absolute Gasteiger partial charge is 0.493 e. The molecule has 0 N–H and O–H groups in total. The average molecular weight is 431 g/mol. The van der Waals surface area contributed by atoms with Gasteiger partial charge in [-0.2, -0.15) is 0 Å². The monoisotopic (exact) mass is 431 g/mol. The molecule has 7 nitrogen and oxygen atoms in total. The van der Waals surface area contributed by atoms with E-state index >= 15 is 0 Å². The summed E-state index contributed by atoms with van der Waals surface area (Å²) in [6.07, 6.45) is -1.19. The number of aryl methyl sites for hydroxylation is 1. The minimum atomic E-state index is -2.67. The van der Waals surface area contributed by atoms with Gasteiger partial charge in [0.1, 0.15) is 0 Å². The molecular weight excluding hydrogens is 408 g/mol. The quantitative estimate of drug-likeness (QED) is 0.580. The SMILES string of the molecule is COc1ccccc1OCC(=O)N1CCCC(c2cc(C(F)F)c3c(C)noc3n2)C1. The molecule has 0 radical (unpaired) electrons. The minimum absolute atomic E-state index is 0.105. The summed E-state index contributed by atoms with van der Waals surface area (Å²) in [5, 5.41) is 4.03. The summed E-state index contributed by atoms with van der Waals surface area (Å²) in [5.74, 6) is 0.685. The van der Waals surface area contributed by atoms with Crippen molar-refractivity contribution < 1.29 is 27.6 Å². The molecule has 0 aliphatic carbocycles. The second-order valence-corrected chi connectivity index (χ2v) is 7.50. The summed E-state index contributed by atoms with van der Waals surface area (Å²) in [6, 6.07) is 8.52. The normalized spacial score (nSPS) is 16.7. The van der Waals surface area contributed by atoms with Crippen molar-refractivity contribution in [3.8, 4) is 11.5 Å². The third kappa shape index (κ3) is 4.30. The number of halogens is 2. The van der Waals surface area contributed by atoms with Crippen LogP contribution in [-0.4, -0.2) is 47.8 Å². The molecule has 2 aromatic heterocycles. The number of carbonyl (C=O) groups excluding carboxylic acids is 1. The van der Waals surface area contributed by atoms with Crippen LogP contribution in [0.2, 0.25) is 0 Å². The van der Waals surface area contributed by atoms with Crippen molar-refractivity contribution in [1.29, 1.82) is 0 Å². The van der Waals surface area contributed by atoms with Gasteiger partial charge in [-0.25, -0.2) is 13.8 Å². The van der Waals surface area contributed by atoms with E-state index in [1.165, 1.54) is 13.2 Å². The number of para-hydroxylation sites is 2. The average Bonchev–Trinajstić information content (AvgIpc) is 3.17. The van der Waals surface area contributed by atoms with Gasteiger partial charge in [-0.05, 0) is 38.0 Å². The summed E-state index contributed by atoms with van der Waals surface area (Å²) in [6.45, 7) is 2.43. The Bertz CT molecular complexity index is 1090. The van der Waals surface area contributed by atoms with Crippen molar-refractivity contribution in [2.75, 3.05) is 26.8 Å². The maximum atomic E-state index is 13.6. The molecular formula is C22H23F2N3O4. The lowest BCUT2D eigenvalue weighted by atomic mass is 9.93. The number of methoxy groups -OCH3 is 1. The first-order chi connectivity index (χ1) is 15.0. The molecule has 0 saturated carbocycles. The number of rotatable bonds is 6. The van der Waals surface area contributed by atoms with Gasteiger partial charge < -0.3 is 18.9 Å². The van der Waals surface area contributed by atoms with Crippen LogP contribution in [-0.2, 0) is 4.79 Å². The van der Waals surface area contributed by atoms with Gasteiger partial charge in [-0.15, -0.1) is 0 Å². The molecule has 1 fully saturated rings. The van der Waals surface area contributed by atoms with Gasteiger partial charge in [0.15, 0.2) is 18.1 Å². The topological polar surface area (TPSA) is 77.7 Å². The molecule has 1 aromatic carbocycles. The Morgan fingerprint density at radius 1 is 1.32 bits per heavy atom. The maximum Gasteiger partial charge on any atom is 0.264 e. The number of ether oxygens (including phenoxy) is 2. The number of hydrogen-bond donors (Lipinski definition) is 0. The Balaban J connectivity index is 1.49. The highest BCUT2D eigenvalue weighted by Crippen LogP contribution is 2.34. The summed E-state index contributed by atoms with van der Waals surface area (Å²) in [4.78, 5) is 18.8. The molecule has 0 bridgehead atoms. The van der Waals surface area contributed by atoms with E-state index < -0.39 is 6.43 Å². The molecule has 1 atom stereocenters. The lowest BCUT2D eigenvalue weighted by Crippen LogP contribution is -2.41. The van der Waals surface area contributed by atoms with Crippen molar-refractivity contribution in [3.63, 3.8) is 0 Å². The number of pyridine rings is 1. The van der Waals surface area contributed by atoms with Crippen molar-refractivity contribution in [2.45, 2.75) is 32.1 Å². The van der Waals surface area contributed by atoms with Crippen LogP contribution in [0.15, 0.2) is 34.9 Å². The molecule has 9 heteroatoms. The zero-order valence-corrected chi connectivity index (χ0v) is 17.3. The molecule has 1 saturated heterocycles. The predicted octanol–water partition coefficient (Wildman–Crippen LogP) is 4.26. The second-order valence-electron chi connectivity index (χ2n) is 7.50. The van der Waals surface area contributed by atoms with E-state index in [1.807, 2.05) is 6.07 Å². The zero-order chi connectivity index (χ0) is 22.0. The molecule has 0 spiro atoms. The molecule has 1 unspecified atom stereocenters. The van der Waals surface area contributed by atoms with Gasteiger partial charge in [0.05, 0.1) is 18.2 Å². The third-order valence-electron chi connectivity index (χ3n) is 5.52. The fraction of sp³-hybridized carbons (Fsp3) is 0.409. The number of fused-ring (bicyclic) bond motifs is 1. The Morgan fingerprint density at radius 2 is 2.10 bits per heavy atom. The van der Waals surface area contributed by atoms with Gasteiger partial charge in [-0.1, -0.05) is 17.3 Å². The molecule has 3 heterocycles. The van der Waals surface area contributed by atoms with Crippen LogP contribution in [0, 0.1) is 6.92 Å². The number of alkyl halides is 2. The summed E-state index contributed by atoms with van der Waals surface area (Å²) in [5.41, 5.74) is 0.843. The lowest BCUT2D eigenvalue weighted by Gasteiger charge is -2.32. The van der Waals surface area contributed by atoms with E-state index in [2.05, 4.69) is 10.1 Å². The van der Waals surface area contributed by atoms with Crippen LogP contribution in [0.3, 0.4) is 0 Å². The minimum Gasteiger partial charge on any atom is -0.493 e. The maximum absolute atomic E-state index is 13.6. The number of aromatic nitrogens is 2. The standard InChI is InChI=1S/C22H23F2N3O4/c1-13-20-15(21(23)24)10-16(25-22(20)31-26-13)14-6-5-9-27(11-14)19(28)12-30-18-8-4-3-7-17(18)29-2/h3-4,7-8,10,14,21H,5-6,9,11-12H2,1-2H3. The smallest absolute Gasteiger partial charge is 0.264 e. The second kappa shape index (κ2) is 8.87. The van der Waals surface area contributed by atoms with Gasteiger partial charge >= 0.3 is 0 Å². The number of hydrogen-bond acceptors (Lipinski definition) is 6. The third-order valence-corrected chi connectivity index (χ3v) is 5.52. The molecule has 3 aromatic rings. The number of carbonyl (C=O) groups is 1. The zero-order valence-electron chi connectivity index (χ0n) is 17.3. The van der Waals surface area contributed by atoms with Crippen LogP contribution in [0.5, 0.6) is 11.5 Å². The molecule has 164 valence electrons. The molecule has 31 heavy (non-hydrogen) atoms. The lowest BCUT2D eigenvalue weighted by molar-refractivity contribution is -0.134. The fourth-order valence-corrected chi connectivity index (χ4v) is 3.94. The highest BCUT2D eigenvalue weighted by atomic mass is 19.3. The molecule has 1 aliphatic heterocycles. The van der Waals surface area contributed by atoms with E-state index in [-0.39, 0.29) is 35.1 Å². The Hall–Kier alpha value is -3.23. The number of nitrogens with zero attached hydrogens (tertiary/aromatic N) is 3.